The Labute approximate surface area is 175 Å². The molecule has 1 nitrogen and oxygen atoms in total. The Bertz CT molecular complexity index is 1170. The zero-order valence-electron chi connectivity index (χ0n) is 17.2. The second kappa shape index (κ2) is 6.48. The fourth-order valence-electron chi connectivity index (χ4n) is 4.51. The Morgan fingerprint density at radius 2 is 1.04 bits per heavy atom. The molecule has 1 aromatic heterocycles. The number of benzene rings is 3. The lowest BCUT2D eigenvalue weighted by Gasteiger charge is -2.16. The second-order valence-electron chi connectivity index (χ2n) is 7.81. The van der Waals surface area contributed by atoms with E-state index in [1.807, 2.05) is 0 Å². The molecule has 0 atom stereocenters. The van der Waals surface area contributed by atoms with Gasteiger partial charge in [-0.1, -0.05) is 66.9 Å². The summed E-state index contributed by atoms with van der Waals surface area (Å²) < 4.78 is 3.72. The van der Waals surface area contributed by atoms with Crippen molar-refractivity contribution in [2.45, 2.75) is 0 Å². The molecule has 0 radical (unpaired) electrons. The van der Waals surface area contributed by atoms with Crippen molar-refractivity contribution in [2.75, 3.05) is 0 Å². The van der Waals surface area contributed by atoms with Crippen molar-refractivity contribution in [2.24, 2.45) is 0 Å². The summed E-state index contributed by atoms with van der Waals surface area (Å²) in [4.78, 5) is 0. The van der Waals surface area contributed by atoms with E-state index in [2.05, 4.69) is 106 Å². The largest absolute Gasteiger partial charge is 0.310 e. The van der Waals surface area contributed by atoms with Gasteiger partial charge in [0.15, 0.2) is 0 Å². The zero-order chi connectivity index (χ0) is 19.6. The van der Waals surface area contributed by atoms with Gasteiger partial charge in [0.1, 0.15) is 54.9 Å². The van der Waals surface area contributed by atoms with Crippen LogP contribution in [0, 0.1) is 0 Å². The van der Waals surface area contributed by atoms with Crippen molar-refractivity contribution in [3.63, 3.8) is 0 Å². The minimum atomic E-state index is 1.23. The van der Waals surface area contributed by atoms with Gasteiger partial charge in [-0.05, 0) is 17.5 Å². The van der Waals surface area contributed by atoms with Gasteiger partial charge in [0.25, 0.3) is 0 Å². The number of hydrogen-bond acceptors (Lipinski definition) is 0. The first kappa shape index (κ1) is 18.7. The minimum Gasteiger partial charge on any atom is -0.310 e. The van der Waals surface area contributed by atoms with Crippen LogP contribution in [0.15, 0.2) is 34.8 Å². The average Bonchev–Trinajstić information content (AvgIpc) is 3.04. The fourth-order valence-corrected chi connectivity index (χ4v) is 5.00. The highest BCUT2D eigenvalue weighted by molar-refractivity contribution is 9.10. The third-order valence-corrected chi connectivity index (χ3v) is 7.74. The van der Waals surface area contributed by atoms with Gasteiger partial charge >= 0.3 is 0 Å². The summed E-state index contributed by atoms with van der Waals surface area (Å²) >= 11 is 3.87. The molecule has 27 heavy (non-hydrogen) atoms. The summed E-state index contributed by atoms with van der Waals surface area (Å²) in [7, 11) is 15.8. The summed E-state index contributed by atoms with van der Waals surface area (Å²) in [6.07, 6.45) is 0. The lowest BCUT2D eigenvalue weighted by atomic mass is 9.65. The van der Waals surface area contributed by atoms with Gasteiger partial charge in [0.05, 0.1) is 0 Å². The molecule has 0 amide bonds. The van der Waals surface area contributed by atoms with Crippen LogP contribution in [0.2, 0.25) is 0 Å². The predicted molar refractivity (Wildman–Crippen MR) is 146 cm³/mol. The molecule has 4 rings (SSSR count). The van der Waals surface area contributed by atoms with Crippen LogP contribution in [0.5, 0.6) is 0 Å². The van der Waals surface area contributed by atoms with Crippen LogP contribution < -0.4 is 38.2 Å². The van der Waals surface area contributed by atoms with Crippen molar-refractivity contribution in [3.05, 3.63) is 34.8 Å². The van der Waals surface area contributed by atoms with Crippen LogP contribution in [0.4, 0.5) is 0 Å². The van der Waals surface area contributed by atoms with Crippen molar-refractivity contribution in [3.8, 4) is 5.69 Å². The molecule has 0 saturated heterocycles. The minimum absolute atomic E-state index is 1.23. The van der Waals surface area contributed by atoms with E-state index >= 15 is 0 Å². The van der Waals surface area contributed by atoms with Crippen LogP contribution in [0.25, 0.3) is 27.5 Å². The molecular formula is C18H19B7BrN. The lowest BCUT2D eigenvalue weighted by molar-refractivity contribution is 1.19. The van der Waals surface area contributed by atoms with Crippen molar-refractivity contribution in [1.82, 2.24) is 4.57 Å². The maximum atomic E-state index is 3.87. The summed E-state index contributed by atoms with van der Waals surface area (Å²) in [5.74, 6) is 0. The van der Waals surface area contributed by atoms with E-state index in [-0.39, 0.29) is 0 Å². The number of nitrogens with zero attached hydrogens (tertiary/aromatic N) is 1. The number of aromatic nitrogens is 1. The van der Waals surface area contributed by atoms with E-state index in [0.29, 0.717) is 0 Å². The summed E-state index contributed by atoms with van der Waals surface area (Å²) in [5, 5.41) is 2.78. The Kier molecular flexibility index (Phi) is 4.50. The molecule has 9 heteroatoms. The molecule has 3 aromatic carbocycles. The van der Waals surface area contributed by atoms with E-state index in [4.69, 9.17) is 0 Å². The molecule has 1 heterocycles. The Morgan fingerprint density at radius 3 is 1.63 bits per heavy atom. The molecule has 0 aliphatic heterocycles. The molecule has 0 fully saturated rings. The molecule has 124 valence electrons. The van der Waals surface area contributed by atoms with E-state index in [9.17, 15) is 0 Å². The van der Waals surface area contributed by atoms with Crippen LogP contribution in [-0.4, -0.2) is 59.5 Å². The van der Waals surface area contributed by atoms with Gasteiger partial charge in [0.2, 0.25) is 0 Å². The molecule has 0 bridgehead atoms. The third kappa shape index (κ3) is 2.47. The van der Waals surface area contributed by atoms with Crippen LogP contribution in [0.1, 0.15) is 0 Å². The van der Waals surface area contributed by atoms with E-state index in [1.165, 1.54) is 70.2 Å². The Hall–Kier alpha value is -1.61. The quantitative estimate of drug-likeness (QED) is 0.278. The van der Waals surface area contributed by atoms with E-state index in [0.717, 1.165) is 0 Å². The standard InChI is InChI=1S/C18H19B7BrN/c19-9-7-8-10(20)16(26)13(23)15(25)18(8)27(6-4-2-1-3-5-6)17(7)14(24)12(22)11(9)21/h1-5H,19-25H2. The molecule has 0 saturated carbocycles. The summed E-state index contributed by atoms with van der Waals surface area (Å²) in [5.41, 5.74) is 13.5. The summed E-state index contributed by atoms with van der Waals surface area (Å²) in [6.45, 7) is 0. The van der Waals surface area contributed by atoms with Gasteiger partial charge in [-0.25, -0.2) is 0 Å². The zero-order valence-corrected chi connectivity index (χ0v) is 18.8. The summed E-state index contributed by atoms with van der Waals surface area (Å²) in [6, 6.07) is 10.8. The molecule has 4 aromatic rings. The molecule has 0 unspecified atom stereocenters. The third-order valence-electron chi connectivity index (χ3n) is 6.55. The molecule has 0 spiro atoms. The molecule has 0 aliphatic carbocycles. The maximum Gasteiger partial charge on any atom is 0.141 e. The number of para-hydroxylation sites is 1. The highest BCUT2D eigenvalue weighted by Crippen LogP contribution is 2.28. The van der Waals surface area contributed by atoms with Gasteiger partial charge in [-0.15, -0.1) is 5.46 Å². The number of halogens is 1. The second-order valence-corrected chi connectivity index (χ2v) is 8.60. The van der Waals surface area contributed by atoms with E-state index in [1.54, 1.807) is 0 Å². The maximum absolute atomic E-state index is 3.87. The first-order valence-corrected chi connectivity index (χ1v) is 10.3. The van der Waals surface area contributed by atoms with Crippen molar-refractivity contribution in [1.29, 1.82) is 0 Å². The van der Waals surface area contributed by atoms with Gasteiger partial charge < -0.3 is 4.57 Å². The number of hydrogen-bond donors (Lipinski definition) is 0. The van der Waals surface area contributed by atoms with Crippen LogP contribution >= 0.6 is 15.9 Å². The highest BCUT2D eigenvalue weighted by Gasteiger charge is 2.23. The topological polar surface area (TPSA) is 4.93 Å². The number of fused-ring (bicyclic) bond motifs is 3. The van der Waals surface area contributed by atoms with Crippen LogP contribution in [0.3, 0.4) is 0 Å². The highest BCUT2D eigenvalue weighted by atomic mass is 79.9. The SMILES string of the molecule is Bc1c(B)c(B)c2c(c1B)c1c(B)c(Br)c(B)c(B)c1n2-c1ccccc1. The monoisotopic (exact) mass is 405 g/mol. The van der Waals surface area contributed by atoms with Crippen LogP contribution in [-0.2, 0) is 0 Å². The predicted octanol–water partition coefficient (Wildman–Crippen LogP) is -6.64. The lowest BCUT2D eigenvalue weighted by Crippen LogP contribution is -2.48. The number of rotatable bonds is 1. The normalized spacial score (nSPS) is 11.4. The first-order chi connectivity index (χ1) is 12.8. The van der Waals surface area contributed by atoms with E-state index < -0.39 is 0 Å². The van der Waals surface area contributed by atoms with Gasteiger partial charge in [0, 0.05) is 26.6 Å². The van der Waals surface area contributed by atoms with Crippen molar-refractivity contribution >= 4 is 131 Å². The fraction of sp³-hybridized carbons (Fsp3) is 0. The Balaban J connectivity index is 2.45. The first-order valence-electron chi connectivity index (χ1n) is 9.52. The smallest absolute Gasteiger partial charge is 0.141 e. The van der Waals surface area contributed by atoms with Gasteiger partial charge in [-0.3, -0.25) is 0 Å². The molecule has 0 aliphatic rings. The molecule has 0 N–H and O–H groups in total. The molecular weight excluding hydrogens is 386 g/mol. The Morgan fingerprint density at radius 1 is 0.556 bits per heavy atom. The van der Waals surface area contributed by atoms with Crippen molar-refractivity contribution < 1.29 is 0 Å². The average molecular weight is 405 g/mol. The van der Waals surface area contributed by atoms with Gasteiger partial charge in [-0.2, -0.15) is 0 Å².